The second-order valence-electron chi connectivity index (χ2n) is 10.8. The minimum absolute atomic E-state index is 0.210. The summed E-state index contributed by atoms with van der Waals surface area (Å²) in [6.07, 6.45) is 21.2. The molecular weight excluding hydrogens is 412 g/mol. The van der Waals surface area contributed by atoms with Crippen LogP contribution in [0.1, 0.15) is 140 Å². The third-order valence-corrected chi connectivity index (χ3v) is 7.60. The Morgan fingerprint density at radius 1 is 0.559 bits per heavy atom. The fourth-order valence-electron chi connectivity index (χ4n) is 5.43. The van der Waals surface area contributed by atoms with Crippen molar-refractivity contribution in [3.8, 4) is 5.75 Å². The number of benzene rings is 2. The minimum Gasteiger partial charge on any atom is -0.508 e. The first-order valence-corrected chi connectivity index (χ1v) is 14.4. The molecule has 0 aliphatic rings. The number of phenolic OH excluding ortho intramolecular Hbond substituents is 1. The molecule has 2 aromatic carbocycles. The lowest BCUT2D eigenvalue weighted by Crippen LogP contribution is -2.22. The Labute approximate surface area is 211 Å². The highest BCUT2D eigenvalue weighted by atomic mass is 16.3. The van der Waals surface area contributed by atoms with E-state index in [1.165, 1.54) is 102 Å². The number of rotatable bonds is 18. The van der Waals surface area contributed by atoms with E-state index >= 15 is 0 Å². The number of hydrogen-bond donors (Lipinski definition) is 1. The standard InChI is InChI=1S/C33H52O/c1-5-7-9-11-13-15-17-22-28-23-21-26-30(29(28)24-18-16-14-12-10-8-6-2)33(3,4)31-25-19-20-27-32(31)34/h19-21,23,25-27,34H,5-18,22,24H2,1-4H3. The lowest BCUT2D eigenvalue weighted by Gasteiger charge is -2.30. The van der Waals surface area contributed by atoms with Gasteiger partial charge < -0.3 is 5.11 Å². The van der Waals surface area contributed by atoms with E-state index in [4.69, 9.17) is 0 Å². The van der Waals surface area contributed by atoms with Crippen LogP contribution in [-0.2, 0) is 18.3 Å². The zero-order valence-corrected chi connectivity index (χ0v) is 22.8. The van der Waals surface area contributed by atoms with Crippen LogP contribution in [0.5, 0.6) is 5.75 Å². The average Bonchev–Trinajstić information content (AvgIpc) is 2.83. The van der Waals surface area contributed by atoms with Gasteiger partial charge >= 0.3 is 0 Å². The van der Waals surface area contributed by atoms with E-state index in [1.807, 2.05) is 12.1 Å². The molecule has 1 heteroatoms. The Morgan fingerprint density at radius 2 is 1.06 bits per heavy atom. The first-order chi connectivity index (χ1) is 16.5. The summed E-state index contributed by atoms with van der Waals surface area (Å²) < 4.78 is 0. The maximum absolute atomic E-state index is 10.6. The third kappa shape index (κ3) is 9.12. The molecule has 0 saturated heterocycles. The van der Waals surface area contributed by atoms with Crippen molar-refractivity contribution >= 4 is 0 Å². The molecular formula is C33H52O. The van der Waals surface area contributed by atoms with Crippen molar-refractivity contribution in [2.75, 3.05) is 0 Å². The van der Waals surface area contributed by atoms with Crippen LogP contribution in [0.4, 0.5) is 0 Å². The van der Waals surface area contributed by atoms with Crippen LogP contribution in [0, 0.1) is 0 Å². The van der Waals surface area contributed by atoms with Crippen LogP contribution in [0.15, 0.2) is 42.5 Å². The van der Waals surface area contributed by atoms with Crippen molar-refractivity contribution in [3.63, 3.8) is 0 Å². The van der Waals surface area contributed by atoms with Crippen LogP contribution in [0.2, 0.25) is 0 Å². The van der Waals surface area contributed by atoms with Gasteiger partial charge in [-0.25, -0.2) is 0 Å². The molecule has 0 heterocycles. The molecule has 0 saturated carbocycles. The van der Waals surface area contributed by atoms with Gasteiger partial charge in [0.05, 0.1) is 0 Å². The zero-order chi connectivity index (χ0) is 24.7. The summed E-state index contributed by atoms with van der Waals surface area (Å²) in [7, 11) is 0. The van der Waals surface area contributed by atoms with E-state index in [0.717, 1.165) is 12.0 Å². The fourth-order valence-corrected chi connectivity index (χ4v) is 5.43. The Kier molecular flexibility index (Phi) is 13.4. The summed E-state index contributed by atoms with van der Waals surface area (Å²) in [5.74, 6) is 0.409. The van der Waals surface area contributed by atoms with Crippen molar-refractivity contribution in [2.24, 2.45) is 0 Å². The second-order valence-corrected chi connectivity index (χ2v) is 10.8. The van der Waals surface area contributed by atoms with Crippen LogP contribution in [-0.4, -0.2) is 5.11 Å². The van der Waals surface area contributed by atoms with Crippen LogP contribution in [0.25, 0.3) is 0 Å². The number of aromatic hydroxyl groups is 1. The van der Waals surface area contributed by atoms with Crippen molar-refractivity contribution in [1.29, 1.82) is 0 Å². The molecule has 34 heavy (non-hydrogen) atoms. The molecule has 0 aliphatic heterocycles. The van der Waals surface area contributed by atoms with E-state index in [-0.39, 0.29) is 5.41 Å². The zero-order valence-electron chi connectivity index (χ0n) is 22.8. The highest BCUT2D eigenvalue weighted by molar-refractivity contribution is 5.50. The van der Waals surface area contributed by atoms with Crippen LogP contribution < -0.4 is 0 Å². The third-order valence-electron chi connectivity index (χ3n) is 7.60. The van der Waals surface area contributed by atoms with Gasteiger partial charge in [-0.3, -0.25) is 0 Å². The fraction of sp³-hybridized carbons (Fsp3) is 0.636. The normalized spacial score (nSPS) is 11.8. The summed E-state index contributed by atoms with van der Waals surface area (Å²) in [6.45, 7) is 9.14. The van der Waals surface area contributed by atoms with Gasteiger partial charge in [-0.2, -0.15) is 0 Å². The quantitative estimate of drug-likeness (QED) is 0.217. The van der Waals surface area contributed by atoms with Crippen molar-refractivity contribution in [1.82, 2.24) is 0 Å². The van der Waals surface area contributed by atoms with Crippen LogP contribution in [0.3, 0.4) is 0 Å². The van der Waals surface area contributed by atoms with E-state index in [2.05, 4.69) is 58.0 Å². The van der Waals surface area contributed by atoms with Crippen LogP contribution >= 0.6 is 0 Å². The molecule has 1 nitrogen and oxygen atoms in total. The Morgan fingerprint density at radius 3 is 1.65 bits per heavy atom. The second kappa shape index (κ2) is 16.0. The Hall–Kier alpha value is -1.76. The van der Waals surface area contributed by atoms with Gasteiger partial charge in [0.1, 0.15) is 5.75 Å². The summed E-state index contributed by atoms with van der Waals surface area (Å²) in [4.78, 5) is 0. The first kappa shape index (κ1) is 28.5. The number of phenols is 1. The number of hydrogen-bond acceptors (Lipinski definition) is 1. The highest BCUT2D eigenvalue weighted by Gasteiger charge is 2.29. The smallest absolute Gasteiger partial charge is 0.119 e. The Balaban J connectivity index is 2.13. The van der Waals surface area contributed by atoms with Gasteiger partial charge in [0.2, 0.25) is 0 Å². The monoisotopic (exact) mass is 464 g/mol. The summed E-state index contributed by atoms with van der Waals surface area (Å²) >= 11 is 0. The van der Waals surface area contributed by atoms with Crippen molar-refractivity contribution < 1.29 is 5.11 Å². The molecule has 1 N–H and O–H groups in total. The molecule has 2 aromatic rings. The molecule has 2 rings (SSSR count). The predicted molar refractivity (Wildman–Crippen MR) is 150 cm³/mol. The molecule has 190 valence electrons. The van der Waals surface area contributed by atoms with Gasteiger partial charge in [0.15, 0.2) is 0 Å². The van der Waals surface area contributed by atoms with Crippen molar-refractivity contribution in [2.45, 2.75) is 136 Å². The lowest BCUT2D eigenvalue weighted by atomic mass is 9.73. The molecule has 0 fully saturated rings. The van der Waals surface area contributed by atoms with E-state index in [9.17, 15) is 5.11 Å². The maximum atomic E-state index is 10.6. The minimum atomic E-state index is -0.210. The molecule has 0 bridgehead atoms. The maximum Gasteiger partial charge on any atom is 0.119 e. The summed E-state index contributed by atoms with van der Waals surface area (Å²) in [5, 5.41) is 10.6. The van der Waals surface area contributed by atoms with Gasteiger partial charge in [-0.15, -0.1) is 0 Å². The molecule has 0 radical (unpaired) electrons. The average molecular weight is 465 g/mol. The molecule has 0 spiro atoms. The first-order valence-electron chi connectivity index (χ1n) is 14.4. The number of para-hydroxylation sites is 1. The molecule has 0 atom stereocenters. The highest BCUT2D eigenvalue weighted by Crippen LogP contribution is 2.39. The molecule has 0 aliphatic carbocycles. The van der Waals surface area contributed by atoms with E-state index in [1.54, 1.807) is 11.1 Å². The summed E-state index contributed by atoms with van der Waals surface area (Å²) in [5.41, 5.74) is 5.32. The van der Waals surface area contributed by atoms with Gasteiger partial charge in [0.25, 0.3) is 0 Å². The Bertz CT molecular complexity index is 804. The van der Waals surface area contributed by atoms with Gasteiger partial charge in [-0.1, -0.05) is 141 Å². The number of unbranched alkanes of at least 4 members (excludes halogenated alkanes) is 12. The lowest BCUT2D eigenvalue weighted by molar-refractivity contribution is 0.452. The SMILES string of the molecule is CCCCCCCCCc1cccc(C(C)(C)c2ccccc2O)c1CCCCCCCCC. The summed E-state index contributed by atoms with van der Waals surface area (Å²) in [6, 6.07) is 14.8. The largest absolute Gasteiger partial charge is 0.508 e. The molecule has 0 unspecified atom stereocenters. The molecule has 0 aromatic heterocycles. The van der Waals surface area contributed by atoms with Crippen molar-refractivity contribution in [3.05, 3.63) is 64.7 Å². The topological polar surface area (TPSA) is 20.2 Å². The van der Waals surface area contributed by atoms with Gasteiger partial charge in [0, 0.05) is 11.0 Å². The van der Waals surface area contributed by atoms with Gasteiger partial charge in [-0.05, 0) is 48.4 Å². The van der Waals surface area contributed by atoms with E-state index < -0.39 is 0 Å². The number of aryl methyl sites for hydroxylation is 1. The van der Waals surface area contributed by atoms with E-state index in [0.29, 0.717) is 5.75 Å². The molecule has 0 amide bonds. The predicted octanol–water partition coefficient (Wildman–Crippen LogP) is 10.3.